The number of carbonyl (C=O) groups excluding carboxylic acids is 1. The molecule has 3 aromatic heterocycles. The van der Waals surface area contributed by atoms with Crippen molar-refractivity contribution in [3.05, 3.63) is 35.0 Å². The number of aryl methyl sites for hydroxylation is 1. The van der Waals surface area contributed by atoms with Gasteiger partial charge in [0, 0.05) is 50.6 Å². The number of nitrogen functional groups attached to an aromatic ring is 1. The summed E-state index contributed by atoms with van der Waals surface area (Å²) >= 11 is 0. The lowest BCUT2D eigenvalue weighted by atomic mass is 10.1. The molecule has 52 heavy (non-hydrogen) atoms. The van der Waals surface area contributed by atoms with Crippen molar-refractivity contribution in [2.75, 3.05) is 117 Å². The Kier molecular flexibility index (Phi) is 17.8. The predicted molar refractivity (Wildman–Crippen MR) is 193 cm³/mol. The molecular formula is C33H49N11O8. The number of nitrogens with two attached hydrogens (primary N) is 1. The number of nitrogens with zero attached hydrogens (tertiary/aromatic N) is 9. The third-order valence-corrected chi connectivity index (χ3v) is 7.46. The number of benzene rings is 1. The van der Waals surface area contributed by atoms with Crippen LogP contribution in [0.15, 0.2) is 34.1 Å². The van der Waals surface area contributed by atoms with Crippen molar-refractivity contribution in [3.63, 3.8) is 0 Å². The minimum absolute atomic E-state index is 0.0601. The van der Waals surface area contributed by atoms with Gasteiger partial charge in [-0.2, -0.15) is 10.1 Å². The molecule has 1 amide bonds. The number of anilines is 2. The fraction of sp³-hybridized carbons (Fsp3) is 0.606. The summed E-state index contributed by atoms with van der Waals surface area (Å²) < 4.78 is 39.8. The predicted octanol–water partition coefficient (Wildman–Crippen LogP) is 2.98. The van der Waals surface area contributed by atoms with Gasteiger partial charge in [0.25, 0.3) is 6.01 Å². The number of hydrogen-bond donors (Lipinski definition) is 2. The van der Waals surface area contributed by atoms with Crippen LogP contribution in [-0.4, -0.2) is 137 Å². The van der Waals surface area contributed by atoms with Crippen molar-refractivity contribution >= 4 is 39.9 Å². The number of amides is 1. The van der Waals surface area contributed by atoms with E-state index in [4.69, 9.17) is 49.2 Å². The average molecular weight is 728 g/mol. The first kappa shape index (κ1) is 40.2. The van der Waals surface area contributed by atoms with Crippen LogP contribution in [0.5, 0.6) is 0 Å². The molecule has 4 rings (SSSR count). The monoisotopic (exact) mass is 727 g/mol. The summed E-state index contributed by atoms with van der Waals surface area (Å²) in [6, 6.07) is 5.77. The molecule has 0 aliphatic carbocycles. The number of rotatable bonds is 28. The van der Waals surface area contributed by atoms with E-state index in [2.05, 4.69) is 30.3 Å². The van der Waals surface area contributed by atoms with E-state index in [0.29, 0.717) is 110 Å². The largest absolute Gasteiger partial charge is 0.424 e. The average Bonchev–Trinajstić information content (AvgIpc) is 3.71. The molecule has 0 aliphatic heterocycles. The molecule has 3 heterocycles. The molecule has 0 bridgehead atoms. The van der Waals surface area contributed by atoms with E-state index in [1.807, 2.05) is 41.9 Å². The lowest BCUT2D eigenvalue weighted by Gasteiger charge is -2.12. The molecule has 19 nitrogen and oxygen atoms in total. The van der Waals surface area contributed by atoms with Crippen LogP contribution in [0.2, 0.25) is 0 Å². The van der Waals surface area contributed by atoms with Crippen LogP contribution in [0.3, 0.4) is 0 Å². The van der Waals surface area contributed by atoms with Gasteiger partial charge in [0.15, 0.2) is 11.2 Å². The van der Waals surface area contributed by atoms with Gasteiger partial charge in [-0.1, -0.05) is 5.11 Å². The number of azide groups is 1. The fourth-order valence-electron chi connectivity index (χ4n) is 5.00. The number of nitrogens with one attached hydrogen (secondary N) is 1. The van der Waals surface area contributed by atoms with Crippen LogP contribution in [0, 0.1) is 0 Å². The zero-order valence-corrected chi connectivity index (χ0v) is 29.9. The van der Waals surface area contributed by atoms with Crippen molar-refractivity contribution in [1.29, 1.82) is 0 Å². The molecule has 0 unspecified atom stereocenters. The summed E-state index contributed by atoms with van der Waals surface area (Å²) in [5.41, 5.74) is 17.5. The minimum Gasteiger partial charge on any atom is -0.424 e. The molecule has 1 aromatic carbocycles. The van der Waals surface area contributed by atoms with Gasteiger partial charge in [0.2, 0.25) is 5.91 Å². The van der Waals surface area contributed by atoms with E-state index >= 15 is 0 Å². The maximum Gasteiger partial charge on any atom is 0.292 e. The van der Waals surface area contributed by atoms with Gasteiger partial charge in [-0.3, -0.25) is 4.79 Å². The van der Waals surface area contributed by atoms with E-state index in [-0.39, 0.29) is 18.3 Å². The van der Waals surface area contributed by atoms with Gasteiger partial charge in [-0.25, -0.2) is 14.6 Å². The Morgan fingerprint density at radius 1 is 0.923 bits per heavy atom. The lowest BCUT2D eigenvalue weighted by molar-refractivity contribution is -0.122. The molecule has 4 aromatic rings. The number of unbranched alkanes of at least 4 members (excludes halogenated alkanes) is 1. The van der Waals surface area contributed by atoms with E-state index in [0.717, 1.165) is 41.0 Å². The summed E-state index contributed by atoms with van der Waals surface area (Å²) in [6.07, 6.45) is 3.38. The standard InChI is InChI=1S/C33H49N11O8/c1-43(2)31-29-30(25-5-6-27-26(23-25)40-33(34)52-27)41-44(32(29)38-24-37-31)10-4-3-8-36-28(45)7-11-46-13-15-48-17-19-50-21-22-51-20-18-49-16-14-47-12-9-39-42-35/h5-6,23-24H,3-4,7-22H2,1-2H3,(H2,34,40)(H,36,45). The van der Waals surface area contributed by atoms with Gasteiger partial charge in [0.1, 0.15) is 23.4 Å². The number of carbonyl (C=O) groups is 1. The minimum atomic E-state index is -0.0601. The molecule has 0 spiro atoms. The second-order valence-corrected chi connectivity index (χ2v) is 11.5. The summed E-state index contributed by atoms with van der Waals surface area (Å²) in [5.74, 6) is 0.702. The Morgan fingerprint density at radius 3 is 2.19 bits per heavy atom. The van der Waals surface area contributed by atoms with Crippen molar-refractivity contribution in [2.45, 2.75) is 25.8 Å². The molecule has 0 radical (unpaired) electrons. The van der Waals surface area contributed by atoms with Crippen molar-refractivity contribution in [2.24, 2.45) is 5.11 Å². The summed E-state index contributed by atoms with van der Waals surface area (Å²) in [6.45, 7) is 6.66. The first-order valence-electron chi connectivity index (χ1n) is 17.3. The lowest BCUT2D eigenvalue weighted by Crippen LogP contribution is -2.26. The molecule has 284 valence electrons. The second-order valence-electron chi connectivity index (χ2n) is 11.5. The molecule has 3 N–H and O–H groups in total. The van der Waals surface area contributed by atoms with Crippen molar-refractivity contribution < 1.29 is 37.6 Å². The molecule has 0 aliphatic rings. The highest BCUT2D eigenvalue weighted by Crippen LogP contribution is 2.34. The second kappa shape index (κ2) is 23.0. The van der Waals surface area contributed by atoms with E-state index in [9.17, 15) is 4.79 Å². The highest BCUT2D eigenvalue weighted by Gasteiger charge is 2.20. The van der Waals surface area contributed by atoms with Gasteiger partial charge in [-0.15, -0.1) is 0 Å². The maximum atomic E-state index is 12.3. The first-order chi connectivity index (χ1) is 25.5. The smallest absolute Gasteiger partial charge is 0.292 e. The number of oxazole rings is 1. The Balaban J connectivity index is 1.01. The van der Waals surface area contributed by atoms with Crippen molar-refractivity contribution in [1.82, 2.24) is 30.0 Å². The summed E-state index contributed by atoms with van der Waals surface area (Å²) in [4.78, 5) is 30.2. The molecule has 0 saturated carbocycles. The van der Waals surface area contributed by atoms with Crippen LogP contribution in [-0.2, 0) is 39.8 Å². The Morgan fingerprint density at radius 2 is 1.56 bits per heavy atom. The molecular weight excluding hydrogens is 678 g/mol. The number of ether oxygens (including phenoxy) is 6. The van der Waals surface area contributed by atoms with Crippen LogP contribution < -0.4 is 16.0 Å². The van der Waals surface area contributed by atoms with Crippen molar-refractivity contribution in [3.8, 4) is 11.3 Å². The van der Waals surface area contributed by atoms with Gasteiger partial charge >= 0.3 is 0 Å². The van der Waals surface area contributed by atoms with Crippen LogP contribution in [0.25, 0.3) is 43.8 Å². The summed E-state index contributed by atoms with van der Waals surface area (Å²) in [5, 5.41) is 12.1. The zero-order chi connectivity index (χ0) is 36.8. The zero-order valence-electron chi connectivity index (χ0n) is 29.9. The van der Waals surface area contributed by atoms with E-state index in [1.54, 1.807) is 6.33 Å². The highest BCUT2D eigenvalue weighted by molar-refractivity contribution is 6.00. The normalized spacial score (nSPS) is 11.3. The maximum absolute atomic E-state index is 12.3. The molecule has 0 atom stereocenters. The van der Waals surface area contributed by atoms with Gasteiger partial charge in [-0.05, 0) is 36.6 Å². The fourth-order valence-corrected chi connectivity index (χ4v) is 5.00. The van der Waals surface area contributed by atoms with Gasteiger partial charge < -0.3 is 48.8 Å². The quantitative estimate of drug-likeness (QED) is 0.0371. The molecule has 0 fully saturated rings. The van der Waals surface area contributed by atoms with E-state index < -0.39 is 0 Å². The topological polar surface area (TPSA) is 232 Å². The molecule has 0 saturated heterocycles. The van der Waals surface area contributed by atoms with Crippen LogP contribution >= 0.6 is 0 Å². The third-order valence-electron chi connectivity index (χ3n) is 7.46. The van der Waals surface area contributed by atoms with Gasteiger partial charge in [0.05, 0.1) is 84.7 Å². The van der Waals surface area contributed by atoms with E-state index in [1.165, 1.54) is 0 Å². The summed E-state index contributed by atoms with van der Waals surface area (Å²) in [7, 11) is 3.87. The number of hydrogen-bond acceptors (Lipinski definition) is 15. The Bertz CT molecular complexity index is 1690. The van der Waals surface area contributed by atoms with Crippen LogP contribution in [0.4, 0.5) is 11.8 Å². The SMILES string of the molecule is CN(C)c1ncnc2c1c(-c1ccc3oc(N)nc3c1)nn2CCCCNC(=O)CCOCCOCCOCCOCCOCCOCCN=[N+]=[N-]. The Labute approximate surface area is 301 Å². The highest BCUT2D eigenvalue weighted by atomic mass is 16.6. The Hall–Kier alpha value is -4.62. The third kappa shape index (κ3) is 13.5. The van der Waals surface area contributed by atoms with Crippen LogP contribution in [0.1, 0.15) is 19.3 Å². The number of aromatic nitrogens is 5. The first-order valence-corrected chi connectivity index (χ1v) is 17.3. The molecule has 19 heteroatoms. The number of fused-ring (bicyclic) bond motifs is 2.